The van der Waals surface area contributed by atoms with Crippen LogP contribution in [0.3, 0.4) is 0 Å². The van der Waals surface area contributed by atoms with Gasteiger partial charge in [-0.1, -0.05) is 32.3 Å². The Bertz CT molecular complexity index is 697. The van der Waals surface area contributed by atoms with Gasteiger partial charge in [-0.2, -0.15) is 4.39 Å². The molecular formula is C25H34F2O. The summed E-state index contributed by atoms with van der Waals surface area (Å²) < 4.78 is 36.0. The molecule has 1 aliphatic heterocycles. The highest BCUT2D eigenvalue weighted by atomic mass is 19.2. The summed E-state index contributed by atoms with van der Waals surface area (Å²) >= 11 is 0. The molecule has 28 heavy (non-hydrogen) atoms. The van der Waals surface area contributed by atoms with Crippen molar-refractivity contribution in [3.8, 4) is 5.75 Å². The monoisotopic (exact) mass is 388 g/mol. The van der Waals surface area contributed by atoms with Crippen LogP contribution in [0.2, 0.25) is 0 Å². The maximum Gasteiger partial charge on any atom is 0.201 e. The largest absolute Gasteiger partial charge is 0.487 e. The number of halogens is 2. The van der Waals surface area contributed by atoms with Gasteiger partial charge in [0.25, 0.3) is 0 Å². The lowest BCUT2D eigenvalue weighted by atomic mass is 9.76. The van der Waals surface area contributed by atoms with Gasteiger partial charge in [0.2, 0.25) is 5.82 Å². The Kier molecular flexibility index (Phi) is 6.08. The number of allylic oxidation sites excluding steroid dienone is 1. The van der Waals surface area contributed by atoms with E-state index in [0.717, 1.165) is 62.8 Å². The zero-order valence-corrected chi connectivity index (χ0v) is 17.2. The van der Waals surface area contributed by atoms with Crippen LogP contribution in [0.5, 0.6) is 5.75 Å². The normalized spacial score (nSPS) is 33.0. The van der Waals surface area contributed by atoms with Crippen LogP contribution in [0.15, 0.2) is 18.7 Å². The van der Waals surface area contributed by atoms with Crippen molar-refractivity contribution in [1.82, 2.24) is 0 Å². The summed E-state index contributed by atoms with van der Waals surface area (Å²) in [6, 6.07) is 1.91. The van der Waals surface area contributed by atoms with Crippen molar-refractivity contribution < 1.29 is 13.5 Å². The molecule has 4 rings (SSSR count). The molecule has 0 aromatic heterocycles. The molecule has 154 valence electrons. The summed E-state index contributed by atoms with van der Waals surface area (Å²) in [6.07, 6.45) is 13.7. The van der Waals surface area contributed by atoms with Crippen LogP contribution in [0.1, 0.15) is 88.2 Å². The third-order valence-electron chi connectivity index (χ3n) is 7.77. The molecule has 1 heterocycles. The van der Waals surface area contributed by atoms with Crippen LogP contribution in [0.25, 0.3) is 0 Å². The van der Waals surface area contributed by atoms with Crippen LogP contribution in [0, 0.1) is 29.4 Å². The van der Waals surface area contributed by atoms with Crippen molar-refractivity contribution in [3.05, 3.63) is 41.5 Å². The first kappa shape index (κ1) is 19.9. The van der Waals surface area contributed by atoms with Gasteiger partial charge in [0, 0.05) is 0 Å². The van der Waals surface area contributed by atoms with E-state index in [1.807, 2.05) is 12.1 Å². The molecule has 0 bridgehead atoms. The van der Waals surface area contributed by atoms with Crippen molar-refractivity contribution in [3.63, 3.8) is 0 Å². The number of ether oxygens (including phenoxy) is 1. The fourth-order valence-electron chi connectivity index (χ4n) is 5.77. The number of rotatable bonds is 4. The minimum atomic E-state index is -0.745. The van der Waals surface area contributed by atoms with E-state index < -0.39 is 11.6 Å². The first-order valence-electron chi connectivity index (χ1n) is 11.4. The van der Waals surface area contributed by atoms with E-state index in [9.17, 15) is 8.78 Å². The molecule has 3 heteroatoms. The average Bonchev–Trinajstić information content (AvgIpc) is 2.76. The Morgan fingerprint density at radius 3 is 2.36 bits per heavy atom. The molecule has 1 nitrogen and oxygen atoms in total. The smallest absolute Gasteiger partial charge is 0.201 e. The van der Waals surface area contributed by atoms with E-state index in [1.165, 1.54) is 19.3 Å². The van der Waals surface area contributed by atoms with Gasteiger partial charge in [0.15, 0.2) is 11.6 Å². The molecule has 0 spiro atoms. The van der Waals surface area contributed by atoms with Crippen molar-refractivity contribution in [2.24, 2.45) is 17.8 Å². The lowest BCUT2D eigenvalue weighted by molar-refractivity contribution is 0.0715. The molecule has 2 fully saturated rings. The molecule has 0 N–H and O–H groups in total. The minimum Gasteiger partial charge on any atom is -0.487 e. The highest BCUT2D eigenvalue weighted by Gasteiger charge is 2.35. The van der Waals surface area contributed by atoms with Crippen molar-refractivity contribution >= 4 is 0 Å². The Hall–Kier alpha value is -1.38. The first-order valence-corrected chi connectivity index (χ1v) is 11.4. The quantitative estimate of drug-likeness (QED) is 0.490. The van der Waals surface area contributed by atoms with E-state index in [1.54, 1.807) is 0 Å². The zero-order chi connectivity index (χ0) is 19.7. The Morgan fingerprint density at radius 1 is 1.00 bits per heavy atom. The summed E-state index contributed by atoms with van der Waals surface area (Å²) in [7, 11) is 0. The number of hydrogen-bond acceptors (Lipinski definition) is 1. The lowest BCUT2D eigenvalue weighted by Gasteiger charge is -2.37. The molecule has 0 radical (unpaired) electrons. The molecule has 1 aromatic carbocycles. The van der Waals surface area contributed by atoms with Gasteiger partial charge < -0.3 is 4.74 Å². The fourth-order valence-corrected chi connectivity index (χ4v) is 5.77. The Morgan fingerprint density at radius 2 is 1.71 bits per heavy atom. The minimum absolute atomic E-state index is 0.0492. The second-order valence-electron chi connectivity index (χ2n) is 9.31. The third-order valence-corrected chi connectivity index (χ3v) is 7.77. The maximum absolute atomic E-state index is 15.0. The van der Waals surface area contributed by atoms with E-state index in [2.05, 4.69) is 13.5 Å². The molecule has 3 aliphatic rings. The van der Waals surface area contributed by atoms with Crippen LogP contribution < -0.4 is 4.74 Å². The van der Waals surface area contributed by atoms with Gasteiger partial charge in [-0.25, -0.2) is 4.39 Å². The van der Waals surface area contributed by atoms with E-state index in [4.69, 9.17) is 4.74 Å². The highest BCUT2D eigenvalue weighted by molar-refractivity contribution is 5.43. The van der Waals surface area contributed by atoms with Gasteiger partial charge >= 0.3 is 0 Å². The highest BCUT2D eigenvalue weighted by Crippen LogP contribution is 2.44. The standard InChI is InChI=1S/C25H34F2O/c1-3-16-5-9-18(10-6-16)21-15-20-13-14-22(28-25(20)24(27)23(21)26)19-11-7-17(4-2)8-12-19/h3,15-19,22H,1,4-14H2,2H3. The van der Waals surface area contributed by atoms with E-state index in [-0.39, 0.29) is 17.8 Å². The summed E-state index contributed by atoms with van der Waals surface area (Å²) in [5, 5.41) is 0. The number of fused-ring (bicyclic) bond motifs is 1. The van der Waals surface area contributed by atoms with Gasteiger partial charge in [0.05, 0.1) is 0 Å². The Labute approximate surface area is 168 Å². The number of hydrogen-bond donors (Lipinski definition) is 0. The predicted octanol–water partition coefficient (Wildman–Crippen LogP) is 7.33. The summed E-state index contributed by atoms with van der Waals surface area (Å²) in [5.41, 5.74) is 1.45. The van der Waals surface area contributed by atoms with Gasteiger partial charge in [-0.3, -0.25) is 0 Å². The molecule has 0 amide bonds. The summed E-state index contributed by atoms with van der Waals surface area (Å²) in [4.78, 5) is 0. The van der Waals surface area contributed by atoms with E-state index in [0.29, 0.717) is 17.4 Å². The molecule has 0 saturated heterocycles. The number of aryl methyl sites for hydroxylation is 1. The average molecular weight is 389 g/mol. The van der Waals surface area contributed by atoms with Crippen molar-refractivity contribution in [1.29, 1.82) is 0 Å². The van der Waals surface area contributed by atoms with Crippen molar-refractivity contribution in [2.75, 3.05) is 0 Å². The lowest BCUT2D eigenvalue weighted by Crippen LogP contribution is -2.34. The maximum atomic E-state index is 15.0. The molecule has 1 atom stereocenters. The second kappa shape index (κ2) is 8.55. The van der Waals surface area contributed by atoms with Gasteiger partial charge in [-0.05, 0) is 92.2 Å². The first-order chi connectivity index (χ1) is 13.6. The third kappa shape index (κ3) is 3.86. The van der Waals surface area contributed by atoms with Crippen LogP contribution >= 0.6 is 0 Å². The topological polar surface area (TPSA) is 9.23 Å². The summed E-state index contributed by atoms with van der Waals surface area (Å²) in [6.45, 7) is 6.14. The van der Waals surface area contributed by atoms with Gasteiger partial charge in [-0.15, -0.1) is 6.58 Å². The summed E-state index contributed by atoms with van der Waals surface area (Å²) in [5.74, 6) is 0.760. The molecule has 1 aromatic rings. The van der Waals surface area contributed by atoms with Gasteiger partial charge in [0.1, 0.15) is 6.10 Å². The van der Waals surface area contributed by atoms with Crippen LogP contribution in [0.4, 0.5) is 8.78 Å². The SMILES string of the molecule is C=CC1CCC(c2cc3c(c(F)c2F)OC(C2CCC(CC)CC2)CC3)CC1. The molecule has 1 unspecified atom stereocenters. The van der Waals surface area contributed by atoms with Crippen LogP contribution in [-0.2, 0) is 6.42 Å². The molecular weight excluding hydrogens is 354 g/mol. The van der Waals surface area contributed by atoms with Crippen molar-refractivity contribution in [2.45, 2.75) is 89.6 Å². The zero-order valence-electron chi connectivity index (χ0n) is 17.2. The molecule has 2 saturated carbocycles. The number of benzene rings is 1. The van der Waals surface area contributed by atoms with Crippen LogP contribution in [-0.4, -0.2) is 6.10 Å². The Balaban J connectivity index is 1.49. The van der Waals surface area contributed by atoms with E-state index >= 15 is 0 Å². The molecule has 2 aliphatic carbocycles. The second-order valence-corrected chi connectivity index (χ2v) is 9.31. The predicted molar refractivity (Wildman–Crippen MR) is 110 cm³/mol. The fraction of sp³-hybridized carbons (Fsp3) is 0.680.